The van der Waals surface area contributed by atoms with Gasteiger partial charge in [-0.25, -0.2) is 0 Å². The summed E-state index contributed by atoms with van der Waals surface area (Å²) in [5.74, 6) is -0.774. The zero-order chi connectivity index (χ0) is 20.8. The number of aryl methyl sites for hydroxylation is 1. The first-order valence-electron chi connectivity index (χ1n) is 9.86. The van der Waals surface area contributed by atoms with Crippen LogP contribution in [0.4, 0.5) is 10.5 Å². The number of ether oxygens (including phenoxy) is 1. The number of thioether (sulfide) groups is 1. The van der Waals surface area contributed by atoms with Gasteiger partial charge in [-0.1, -0.05) is 6.07 Å². The predicted octanol–water partition coefficient (Wildman–Crippen LogP) is 2.78. The molecule has 1 aromatic carbocycles. The monoisotopic (exact) mass is 417 g/mol. The first-order chi connectivity index (χ1) is 14.0. The molecule has 2 aliphatic heterocycles. The van der Waals surface area contributed by atoms with Gasteiger partial charge >= 0.3 is 0 Å². The standard InChI is InChI=1S/C21H27N3O4S/c1-15-12-16(6-7-17(15)23-9-3-4-10-23)13-18-20(26)24(21(27)29-18)14-19(25)22-8-5-11-28-2/h6-7,12-13H,3-5,8-11,14H2,1-2H3,(H,22,25)/b18-13-. The molecule has 156 valence electrons. The van der Waals surface area contributed by atoms with Crippen molar-refractivity contribution >= 4 is 40.6 Å². The number of anilines is 1. The lowest BCUT2D eigenvalue weighted by atomic mass is 10.1. The SMILES string of the molecule is COCCCNC(=O)CN1C(=O)S/C(=C\c2ccc(N3CCCC3)c(C)c2)C1=O. The van der Waals surface area contributed by atoms with E-state index >= 15 is 0 Å². The topological polar surface area (TPSA) is 79.0 Å². The zero-order valence-corrected chi connectivity index (χ0v) is 17.7. The van der Waals surface area contributed by atoms with Crippen LogP contribution in [-0.2, 0) is 14.3 Å². The summed E-state index contributed by atoms with van der Waals surface area (Å²) in [6.07, 6.45) is 4.83. The molecule has 0 spiro atoms. The fourth-order valence-electron chi connectivity index (χ4n) is 3.51. The van der Waals surface area contributed by atoms with E-state index < -0.39 is 11.1 Å². The molecule has 0 unspecified atom stereocenters. The van der Waals surface area contributed by atoms with E-state index in [0.29, 0.717) is 24.5 Å². The first kappa shape index (κ1) is 21.4. The lowest BCUT2D eigenvalue weighted by Gasteiger charge is -2.20. The number of imide groups is 1. The van der Waals surface area contributed by atoms with Crippen molar-refractivity contribution in [1.82, 2.24) is 10.2 Å². The number of nitrogens with one attached hydrogen (secondary N) is 1. The smallest absolute Gasteiger partial charge is 0.294 e. The minimum Gasteiger partial charge on any atom is -0.385 e. The van der Waals surface area contributed by atoms with Crippen molar-refractivity contribution in [2.45, 2.75) is 26.2 Å². The largest absolute Gasteiger partial charge is 0.385 e. The van der Waals surface area contributed by atoms with Crippen LogP contribution in [0.25, 0.3) is 6.08 Å². The number of hydrogen-bond donors (Lipinski definition) is 1. The Morgan fingerprint density at radius 2 is 2.03 bits per heavy atom. The molecule has 1 N–H and O–H groups in total. The van der Waals surface area contributed by atoms with Gasteiger partial charge in [0, 0.05) is 39.0 Å². The van der Waals surface area contributed by atoms with Crippen LogP contribution in [0, 0.1) is 6.92 Å². The van der Waals surface area contributed by atoms with E-state index in [-0.39, 0.29) is 12.5 Å². The third-order valence-electron chi connectivity index (χ3n) is 4.99. The van der Waals surface area contributed by atoms with Crippen molar-refractivity contribution in [3.8, 4) is 0 Å². The summed E-state index contributed by atoms with van der Waals surface area (Å²) in [6, 6.07) is 6.07. The van der Waals surface area contributed by atoms with E-state index in [0.717, 1.165) is 40.9 Å². The fraction of sp³-hybridized carbons (Fsp3) is 0.476. The quantitative estimate of drug-likeness (QED) is 0.518. The van der Waals surface area contributed by atoms with Crippen LogP contribution < -0.4 is 10.2 Å². The molecule has 0 bridgehead atoms. The molecule has 8 heteroatoms. The number of amides is 3. The number of rotatable bonds is 8. The average molecular weight is 418 g/mol. The molecule has 0 aliphatic carbocycles. The predicted molar refractivity (Wildman–Crippen MR) is 115 cm³/mol. The summed E-state index contributed by atoms with van der Waals surface area (Å²) in [4.78, 5) is 40.5. The normalized spacial score (nSPS) is 18.2. The van der Waals surface area contributed by atoms with Crippen molar-refractivity contribution in [2.75, 3.05) is 44.8 Å². The minimum atomic E-state index is -0.423. The second-order valence-electron chi connectivity index (χ2n) is 7.20. The lowest BCUT2D eigenvalue weighted by molar-refractivity contribution is -0.129. The van der Waals surface area contributed by atoms with E-state index in [1.807, 2.05) is 12.1 Å². The van der Waals surface area contributed by atoms with Crippen molar-refractivity contribution < 1.29 is 19.1 Å². The second-order valence-corrected chi connectivity index (χ2v) is 8.20. The van der Waals surface area contributed by atoms with Gasteiger partial charge in [-0.05, 0) is 67.3 Å². The molecule has 29 heavy (non-hydrogen) atoms. The molecule has 3 amide bonds. The van der Waals surface area contributed by atoms with Crippen LogP contribution in [0.3, 0.4) is 0 Å². The van der Waals surface area contributed by atoms with Gasteiger partial charge in [0.1, 0.15) is 6.54 Å². The van der Waals surface area contributed by atoms with Crippen LogP contribution in [0.1, 0.15) is 30.4 Å². The fourth-order valence-corrected chi connectivity index (χ4v) is 4.35. The highest BCUT2D eigenvalue weighted by Crippen LogP contribution is 2.33. The van der Waals surface area contributed by atoms with E-state index in [4.69, 9.17) is 4.74 Å². The van der Waals surface area contributed by atoms with Crippen molar-refractivity contribution in [3.63, 3.8) is 0 Å². The molecule has 1 aromatic rings. The van der Waals surface area contributed by atoms with E-state index in [1.165, 1.54) is 18.5 Å². The zero-order valence-electron chi connectivity index (χ0n) is 16.9. The average Bonchev–Trinajstić information content (AvgIpc) is 3.30. The summed E-state index contributed by atoms with van der Waals surface area (Å²) < 4.78 is 4.92. The Kier molecular flexibility index (Phi) is 7.33. The highest BCUT2D eigenvalue weighted by atomic mass is 32.2. The molecule has 2 heterocycles. The Hall–Kier alpha value is -2.32. The molecular formula is C21H27N3O4S. The molecule has 2 aliphatic rings. The van der Waals surface area contributed by atoms with E-state index in [9.17, 15) is 14.4 Å². The van der Waals surface area contributed by atoms with Gasteiger partial charge in [0.05, 0.1) is 4.91 Å². The Bertz CT molecular complexity index is 818. The number of carbonyl (C=O) groups is 3. The molecule has 2 saturated heterocycles. The van der Waals surface area contributed by atoms with Gasteiger partial charge in [0.2, 0.25) is 5.91 Å². The minimum absolute atomic E-state index is 0.262. The number of hydrogen-bond acceptors (Lipinski definition) is 6. The van der Waals surface area contributed by atoms with Gasteiger partial charge in [-0.3, -0.25) is 19.3 Å². The maximum atomic E-state index is 12.6. The summed E-state index contributed by atoms with van der Waals surface area (Å²) in [7, 11) is 1.59. The Morgan fingerprint density at radius 3 is 2.72 bits per heavy atom. The Balaban J connectivity index is 1.63. The second kappa shape index (κ2) is 9.93. The van der Waals surface area contributed by atoms with Crippen molar-refractivity contribution in [3.05, 3.63) is 34.2 Å². The molecule has 3 rings (SSSR count). The summed E-state index contributed by atoms with van der Waals surface area (Å²) in [6.45, 7) is 4.94. The summed E-state index contributed by atoms with van der Waals surface area (Å²) in [5.41, 5.74) is 3.24. The van der Waals surface area contributed by atoms with Crippen molar-refractivity contribution in [1.29, 1.82) is 0 Å². The molecule has 2 fully saturated rings. The Morgan fingerprint density at radius 1 is 1.28 bits per heavy atom. The van der Waals surface area contributed by atoms with Gasteiger partial charge in [-0.2, -0.15) is 0 Å². The number of nitrogens with zero attached hydrogens (tertiary/aromatic N) is 2. The van der Waals surface area contributed by atoms with E-state index in [1.54, 1.807) is 13.2 Å². The molecule has 0 radical (unpaired) electrons. The highest BCUT2D eigenvalue weighted by molar-refractivity contribution is 8.18. The molecular weight excluding hydrogens is 390 g/mol. The lowest BCUT2D eigenvalue weighted by Crippen LogP contribution is -2.39. The first-order valence-corrected chi connectivity index (χ1v) is 10.7. The summed E-state index contributed by atoms with van der Waals surface area (Å²) in [5, 5.41) is 2.27. The van der Waals surface area contributed by atoms with Crippen LogP contribution in [0.5, 0.6) is 0 Å². The Labute approximate surface area is 175 Å². The summed E-state index contributed by atoms with van der Waals surface area (Å²) >= 11 is 0.874. The maximum absolute atomic E-state index is 12.6. The van der Waals surface area contributed by atoms with Crippen molar-refractivity contribution in [2.24, 2.45) is 0 Å². The van der Waals surface area contributed by atoms with Crippen LogP contribution in [-0.4, -0.2) is 61.8 Å². The van der Waals surface area contributed by atoms with Crippen LogP contribution in [0.2, 0.25) is 0 Å². The van der Waals surface area contributed by atoms with Gasteiger partial charge in [0.15, 0.2) is 0 Å². The van der Waals surface area contributed by atoms with Crippen LogP contribution >= 0.6 is 11.8 Å². The molecule has 0 atom stereocenters. The van der Waals surface area contributed by atoms with Gasteiger partial charge in [0.25, 0.3) is 11.1 Å². The van der Waals surface area contributed by atoms with Gasteiger partial charge in [-0.15, -0.1) is 0 Å². The highest BCUT2D eigenvalue weighted by Gasteiger charge is 2.36. The number of carbonyl (C=O) groups excluding carboxylic acids is 3. The van der Waals surface area contributed by atoms with Gasteiger partial charge < -0.3 is 15.0 Å². The maximum Gasteiger partial charge on any atom is 0.294 e. The molecule has 7 nitrogen and oxygen atoms in total. The molecule has 0 saturated carbocycles. The third kappa shape index (κ3) is 5.39. The van der Waals surface area contributed by atoms with E-state index in [2.05, 4.69) is 23.2 Å². The van der Waals surface area contributed by atoms with Crippen LogP contribution in [0.15, 0.2) is 23.1 Å². The molecule has 0 aromatic heterocycles. The number of methoxy groups -OCH3 is 1. The third-order valence-corrected chi connectivity index (χ3v) is 5.90. The number of benzene rings is 1.